The van der Waals surface area contributed by atoms with Gasteiger partial charge in [0.05, 0.1) is 6.54 Å². The average molecular weight is 269 g/mol. The van der Waals surface area contributed by atoms with Gasteiger partial charge < -0.3 is 10.6 Å². The highest BCUT2D eigenvalue weighted by molar-refractivity contribution is 9.10. The first kappa shape index (κ1) is 10.5. The quantitative estimate of drug-likeness (QED) is 0.879. The maximum absolute atomic E-state index is 11.4. The lowest BCUT2D eigenvalue weighted by Gasteiger charge is -2.06. The van der Waals surface area contributed by atoms with Crippen LogP contribution in [0.2, 0.25) is 0 Å². The second kappa shape index (κ2) is 4.66. The van der Waals surface area contributed by atoms with Crippen LogP contribution >= 0.6 is 15.9 Å². The average Bonchev–Trinajstić information content (AvgIpc) is 2.99. The Morgan fingerprint density at radius 2 is 2.27 bits per heavy atom. The van der Waals surface area contributed by atoms with Crippen molar-refractivity contribution in [1.82, 2.24) is 5.32 Å². The number of hydrogen-bond acceptors (Lipinski definition) is 2. The number of carbonyl (C=O) groups is 1. The first-order valence-electron chi connectivity index (χ1n) is 5.03. The summed E-state index contributed by atoms with van der Waals surface area (Å²) < 4.78 is 1.01. The first-order chi connectivity index (χ1) is 7.24. The van der Waals surface area contributed by atoms with Crippen LogP contribution in [0.4, 0.5) is 5.69 Å². The number of hydrogen-bond donors (Lipinski definition) is 2. The molecule has 0 aromatic heterocycles. The minimum Gasteiger partial charge on any atom is -0.376 e. The third kappa shape index (κ3) is 3.55. The first-order valence-corrected chi connectivity index (χ1v) is 5.82. The molecule has 1 saturated carbocycles. The summed E-state index contributed by atoms with van der Waals surface area (Å²) in [6.45, 7) is 0.340. The zero-order valence-electron chi connectivity index (χ0n) is 8.29. The van der Waals surface area contributed by atoms with Crippen LogP contribution in [0, 0.1) is 0 Å². The van der Waals surface area contributed by atoms with Crippen molar-refractivity contribution in [2.75, 3.05) is 11.9 Å². The maximum atomic E-state index is 11.4. The lowest BCUT2D eigenvalue weighted by molar-refractivity contribution is -0.119. The molecule has 15 heavy (non-hydrogen) atoms. The molecule has 1 aromatic carbocycles. The molecule has 0 atom stereocenters. The molecule has 1 aliphatic carbocycles. The van der Waals surface area contributed by atoms with E-state index < -0.39 is 0 Å². The number of rotatable bonds is 4. The monoisotopic (exact) mass is 268 g/mol. The molecule has 0 bridgehead atoms. The smallest absolute Gasteiger partial charge is 0.239 e. The fraction of sp³-hybridized carbons (Fsp3) is 0.364. The molecule has 1 fully saturated rings. The van der Waals surface area contributed by atoms with Crippen LogP contribution in [0.25, 0.3) is 0 Å². The van der Waals surface area contributed by atoms with Crippen molar-refractivity contribution in [1.29, 1.82) is 0 Å². The predicted molar refractivity (Wildman–Crippen MR) is 63.8 cm³/mol. The molecule has 0 radical (unpaired) electrons. The zero-order chi connectivity index (χ0) is 10.7. The Labute approximate surface area is 97.4 Å². The van der Waals surface area contributed by atoms with Crippen molar-refractivity contribution in [3.8, 4) is 0 Å². The molecule has 1 aliphatic rings. The van der Waals surface area contributed by atoms with Gasteiger partial charge in [0.25, 0.3) is 0 Å². The number of nitrogens with one attached hydrogen (secondary N) is 2. The molecule has 0 saturated heterocycles. The van der Waals surface area contributed by atoms with Crippen LogP contribution in [-0.4, -0.2) is 18.5 Å². The minimum atomic E-state index is 0.0671. The fourth-order valence-electron chi connectivity index (χ4n) is 1.29. The third-order valence-electron chi connectivity index (χ3n) is 2.22. The summed E-state index contributed by atoms with van der Waals surface area (Å²) in [5.41, 5.74) is 0.954. The summed E-state index contributed by atoms with van der Waals surface area (Å²) in [4.78, 5) is 11.4. The summed E-state index contributed by atoms with van der Waals surface area (Å²) in [5.74, 6) is 0.0671. The standard InChI is InChI=1S/C11H13BrN2O/c12-8-2-1-3-10(6-8)13-7-11(15)14-9-4-5-9/h1-3,6,9,13H,4-5,7H2,(H,14,15). The van der Waals surface area contributed by atoms with Crippen LogP contribution in [0.3, 0.4) is 0 Å². The highest BCUT2D eigenvalue weighted by Gasteiger charge is 2.22. The van der Waals surface area contributed by atoms with Crippen molar-refractivity contribution < 1.29 is 4.79 Å². The molecule has 0 heterocycles. The lowest BCUT2D eigenvalue weighted by atomic mass is 10.3. The molecular formula is C11H13BrN2O. The van der Waals surface area contributed by atoms with E-state index in [1.165, 1.54) is 0 Å². The number of halogens is 1. The summed E-state index contributed by atoms with van der Waals surface area (Å²) in [5, 5.41) is 6.00. The zero-order valence-corrected chi connectivity index (χ0v) is 9.88. The Balaban J connectivity index is 1.78. The number of carbonyl (C=O) groups excluding carboxylic acids is 1. The van der Waals surface area contributed by atoms with Gasteiger partial charge >= 0.3 is 0 Å². The highest BCUT2D eigenvalue weighted by atomic mass is 79.9. The van der Waals surface area contributed by atoms with E-state index in [0.717, 1.165) is 23.0 Å². The van der Waals surface area contributed by atoms with Crippen LogP contribution in [-0.2, 0) is 4.79 Å². The summed E-state index contributed by atoms with van der Waals surface area (Å²) in [7, 11) is 0. The van der Waals surface area contributed by atoms with Crippen LogP contribution in [0.1, 0.15) is 12.8 Å². The van der Waals surface area contributed by atoms with E-state index in [0.29, 0.717) is 12.6 Å². The Kier molecular flexibility index (Phi) is 3.26. The molecule has 3 nitrogen and oxygen atoms in total. The second-order valence-corrected chi connectivity index (χ2v) is 4.62. The van der Waals surface area contributed by atoms with Crippen LogP contribution < -0.4 is 10.6 Å². The molecule has 0 unspecified atom stereocenters. The second-order valence-electron chi connectivity index (χ2n) is 3.71. The Bertz CT molecular complexity index is 363. The van der Waals surface area contributed by atoms with Gasteiger partial charge in [-0.1, -0.05) is 22.0 Å². The molecule has 1 aromatic rings. The fourth-order valence-corrected chi connectivity index (χ4v) is 1.69. The Hall–Kier alpha value is -1.03. The van der Waals surface area contributed by atoms with Gasteiger partial charge in [-0.2, -0.15) is 0 Å². The van der Waals surface area contributed by atoms with Crippen molar-refractivity contribution in [2.45, 2.75) is 18.9 Å². The molecule has 2 N–H and O–H groups in total. The lowest BCUT2D eigenvalue weighted by Crippen LogP contribution is -2.31. The van der Waals surface area contributed by atoms with E-state index in [9.17, 15) is 4.79 Å². The molecule has 4 heteroatoms. The van der Waals surface area contributed by atoms with E-state index in [2.05, 4.69) is 26.6 Å². The predicted octanol–water partition coefficient (Wildman–Crippen LogP) is 2.14. The summed E-state index contributed by atoms with van der Waals surface area (Å²) >= 11 is 3.38. The van der Waals surface area contributed by atoms with E-state index >= 15 is 0 Å². The number of amides is 1. The Morgan fingerprint density at radius 1 is 1.47 bits per heavy atom. The molecule has 2 rings (SSSR count). The molecule has 0 aliphatic heterocycles. The van der Waals surface area contributed by atoms with Crippen molar-refractivity contribution in [3.63, 3.8) is 0 Å². The van der Waals surface area contributed by atoms with E-state index in [1.807, 2.05) is 24.3 Å². The largest absolute Gasteiger partial charge is 0.376 e. The van der Waals surface area contributed by atoms with E-state index in [4.69, 9.17) is 0 Å². The van der Waals surface area contributed by atoms with Gasteiger partial charge in [0.1, 0.15) is 0 Å². The molecule has 80 valence electrons. The molecule has 0 spiro atoms. The SMILES string of the molecule is O=C(CNc1cccc(Br)c1)NC1CC1. The van der Waals surface area contributed by atoms with Gasteiger partial charge in [0, 0.05) is 16.2 Å². The molecular weight excluding hydrogens is 256 g/mol. The van der Waals surface area contributed by atoms with Crippen molar-refractivity contribution in [2.24, 2.45) is 0 Å². The van der Waals surface area contributed by atoms with Crippen LogP contribution in [0.5, 0.6) is 0 Å². The van der Waals surface area contributed by atoms with Gasteiger partial charge in [-0.15, -0.1) is 0 Å². The minimum absolute atomic E-state index is 0.0671. The maximum Gasteiger partial charge on any atom is 0.239 e. The Morgan fingerprint density at radius 3 is 2.93 bits per heavy atom. The van der Waals surface area contributed by atoms with Crippen LogP contribution in [0.15, 0.2) is 28.7 Å². The number of anilines is 1. The number of benzene rings is 1. The van der Waals surface area contributed by atoms with E-state index in [-0.39, 0.29) is 5.91 Å². The van der Waals surface area contributed by atoms with E-state index in [1.54, 1.807) is 0 Å². The molecule has 1 amide bonds. The van der Waals surface area contributed by atoms with Gasteiger partial charge in [0.15, 0.2) is 0 Å². The summed E-state index contributed by atoms with van der Waals surface area (Å²) in [6.07, 6.45) is 2.26. The van der Waals surface area contributed by atoms with Crippen molar-refractivity contribution in [3.05, 3.63) is 28.7 Å². The van der Waals surface area contributed by atoms with Gasteiger partial charge in [-0.05, 0) is 31.0 Å². The highest BCUT2D eigenvalue weighted by Crippen LogP contribution is 2.18. The topological polar surface area (TPSA) is 41.1 Å². The van der Waals surface area contributed by atoms with Gasteiger partial charge in [0.2, 0.25) is 5.91 Å². The van der Waals surface area contributed by atoms with Gasteiger partial charge in [-0.3, -0.25) is 4.79 Å². The van der Waals surface area contributed by atoms with Crippen molar-refractivity contribution >= 4 is 27.5 Å². The normalized spacial score (nSPS) is 14.7. The van der Waals surface area contributed by atoms with Gasteiger partial charge in [-0.25, -0.2) is 0 Å². The summed E-state index contributed by atoms with van der Waals surface area (Å²) in [6, 6.07) is 8.21. The third-order valence-corrected chi connectivity index (χ3v) is 2.71.